The number of rotatable bonds is 4. The molecule has 0 bridgehead atoms. The van der Waals surface area contributed by atoms with Gasteiger partial charge in [-0.15, -0.1) is 0 Å². The molecule has 0 unspecified atom stereocenters. The van der Waals surface area contributed by atoms with Gasteiger partial charge in [0.15, 0.2) is 5.65 Å². The number of hydrogen-bond acceptors (Lipinski definition) is 4. The van der Waals surface area contributed by atoms with E-state index in [0.29, 0.717) is 17.6 Å². The lowest BCUT2D eigenvalue weighted by molar-refractivity contribution is -0.141. The second-order valence-electron chi connectivity index (χ2n) is 8.20. The molecule has 4 heterocycles. The van der Waals surface area contributed by atoms with Gasteiger partial charge in [-0.2, -0.15) is 0 Å². The molecule has 2 aromatic heterocycles. The molecule has 2 amide bonds. The van der Waals surface area contributed by atoms with E-state index in [-0.39, 0.29) is 17.9 Å². The fraction of sp³-hybridized carbons (Fsp3) is 0.391. The van der Waals surface area contributed by atoms with Crippen molar-refractivity contribution in [1.29, 1.82) is 0 Å². The average Bonchev–Trinajstić information content (AvgIpc) is 3.41. The zero-order chi connectivity index (χ0) is 20.7. The fourth-order valence-corrected chi connectivity index (χ4v) is 4.62. The van der Waals surface area contributed by atoms with Gasteiger partial charge in [0.25, 0.3) is 5.91 Å². The normalized spacial score (nSPS) is 21.3. The van der Waals surface area contributed by atoms with Gasteiger partial charge in [0.2, 0.25) is 5.91 Å². The molecule has 2 atom stereocenters. The van der Waals surface area contributed by atoms with Crippen LogP contribution < -0.4 is 0 Å². The number of aryl methyl sites for hydroxylation is 2. The zero-order valence-electron chi connectivity index (χ0n) is 17.1. The Morgan fingerprint density at radius 2 is 2.03 bits per heavy atom. The number of amides is 2. The van der Waals surface area contributed by atoms with Gasteiger partial charge in [-0.1, -0.05) is 30.3 Å². The summed E-state index contributed by atoms with van der Waals surface area (Å²) in [4.78, 5) is 38.5. The molecule has 5 rings (SSSR count). The summed E-state index contributed by atoms with van der Waals surface area (Å²) in [5, 5.41) is 0. The maximum absolute atomic E-state index is 13.2. The minimum Gasteiger partial charge on any atom is -0.336 e. The Balaban J connectivity index is 1.35. The van der Waals surface area contributed by atoms with E-state index in [4.69, 9.17) is 0 Å². The van der Waals surface area contributed by atoms with Crippen LogP contribution in [0.2, 0.25) is 0 Å². The zero-order valence-corrected chi connectivity index (χ0v) is 17.1. The highest BCUT2D eigenvalue weighted by Crippen LogP contribution is 2.27. The maximum atomic E-state index is 13.2. The fourth-order valence-electron chi connectivity index (χ4n) is 4.62. The smallest absolute Gasteiger partial charge is 0.256 e. The molecular weight excluding hydrogens is 378 g/mol. The first-order valence-corrected chi connectivity index (χ1v) is 10.6. The van der Waals surface area contributed by atoms with Crippen molar-refractivity contribution < 1.29 is 9.59 Å². The highest BCUT2D eigenvalue weighted by molar-refractivity contribution is 5.99. The minimum atomic E-state index is -0.439. The number of aromatic nitrogens is 3. The Morgan fingerprint density at radius 3 is 2.87 bits per heavy atom. The van der Waals surface area contributed by atoms with Crippen molar-refractivity contribution in [2.75, 3.05) is 13.1 Å². The minimum absolute atomic E-state index is 0.0522. The maximum Gasteiger partial charge on any atom is 0.256 e. The van der Waals surface area contributed by atoms with Crippen molar-refractivity contribution >= 4 is 23.0 Å². The van der Waals surface area contributed by atoms with Crippen molar-refractivity contribution in [3.05, 3.63) is 60.0 Å². The second-order valence-corrected chi connectivity index (χ2v) is 8.20. The molecule has 0 radical (unpaired) electrons. The first-order valence-electron chi connectivity index (χ1n) is 10.6. The van der Waals surface area contributed by atoms with E-state index in [9.17, 15) is 9.59 Å². The molecule has 3 aromatic rings. The molecule has 7 heteroatoms. The van der Waals surface area contributed by atoms with Gasteiger partial charge >= 0.3 is 0 Å². The Labute approximate surface area is 175 Å². The molecule has 30 heavy (non-hydrogen) atoms. The Hall–Kier alpha value is -3.22. The third-order valence-corrected chi connectivity index (χ3v) is 6.34. The highest BCUT2D eigenvalue weighted by atomic mass is 16.2. The van der Waals surface area contributed by atoms with Crippen LogP contribution in [0.4, 0.5) is 0 Å². The number of carbonyl (C=O) groups is 2. The number of nitrogens with zero attached hydrogens (tertiary/aromatic N) is 5. The summed E-state index contributed by atoms with van der Waals surface area (Å²) < 4.78 is 2.01. The number of carbonyl (C=O) groups excluding carboxylic acids is 2. The molecule has 0 spiro atoms. The molecule has 2 aliphatic rings. The Kier molecular flexibility index (Phi) is 4.73. The standard InChI is InChI=1S/C23H25N5O2/c1-16-22(29)27-10-5-8-19(27)14-28(16)23(30)18-12-20-21(24-13-18)26(15-25-20)11-9-17-6-3-2-4-7-17/h2-4,6-7,12-13,15-16,19H,5,8-11,14H2,1H3/t16-,19+/m0/s1. The lowest BCUT2D eigenvalue weighted by atomic mass is 10.1. The summed E-state index contributed by atoms with van der Waals surface area (Å²) in [7, 11) is 0. The molecule has 1 aromatic carbocycles. The van der Waals surface area contributed by atoms with E-state index in [1.54, 1.807) is 23.5 Å². The van der Waals surface area contributed by atoms with Crippen molar-refractivity contribution in [2.24, 2.45) is 0 Å². The Morgan fingerprint density at radius 1 is 1.20 bits per heavy atom. The lowest BCUT2D eigenvalue weighted by Gasteiger charge is -2.41. The van der Waals surface area contributed by atoms with Crippen molar-refractivity contribution in [3.63, 3.8) is 0 Å². The summed E-state index contributed by atoms with van der Waals surface area (Å²) in [5.74, 6) is -0.0908. The number of imidazole rings is 1. The molecule has 2 aliphatic heterocycles. The largest absolute Gasteiger partial charge is 0.336 e. The van der Waals surface area contributed by atoms with Crippen molar-refractivity contribution in [2.45, 2.75) is 44.8 Å². The van der Waals surface area contributed by atoms with Crippen LogP contribution in [-0.2, 0) is 17.8 Å². The first-order chi connectivity index (χ1) is 14.6. The Bertz CT molecular complexity index is 1090. The number of pyridine rings is 1. The predicted molar refractivity (Wildman–Crippen MR) is 113 cm³/mol. The molecule has 154 valence electrons. The lowest BCUT2D eigenvalue weighted by Crippen LogP contribution is -2.60. The summed E-state index contributed by atoms with van der Waals surface area (Å²) >= 11 is 0. The van der Waals surface area contributed by atoms with Crippen molar-refractivity contribution in [1.82, 2.24) is 24.3 Å². The summed E-state index contributed by atoms with van der Waals surface area (Å²) in [6.45, 7) is 3.99. The average molecular weight is 403 g/mol. The van der Waals surface area contributed by atoms with Gasteiger partial charge in [-0.25, -0.2) is 9.97 Å². The number of piperazine rings is 1. The van der Waals surface area contributed by atoms with E-state index in [0.717, 1.165) is 38.0 Å². The van der Waals surface area contributed by atoms with Gasteiger partial charge in [0.1, 0.15) is 11.6 Å². The second kappa shape index (κ2) is 7.55. The third-order valence-electron chi connectivity index (χ3n) is 6.34. The number of fused-ring (bicyclic) bond motifs is 2. The van der Waals surface area contributed by atoms with Crippen LogP contribution in [0.25, 0.3) is 11.2 Å². The molecule has 7 nitrogen and oxygen atoms in total. The number of benzene rings is 1. The van der Waals surface area contributed by atoms with Gasteiger partial charge in [0, 0.05) is 31.9 Å². The van der Waals surface area contributed by atoms with Crippen LogP contribution in [0.15, 0.2) is 48.9 Å². The van der Waals surface area contributed by atoms with Gasteiger partial charge in [-0.3, -0.25) is 9.59 Å². The van der Waals surface area contributed by atoms with E-state index in [1.807, 2.05) is 34.6 Å². The summed E-state index contributed by atoms with van der Waals surface area (Å²) in [6, 6.07) is 11.8. The molecule has 0 aliphatic carbocycles. The highest BCUT2D eigenvalue weighted by Gasteiger charge is 2.42. The SMILES string of the molecule is C[C@H]1C(=O)N2CCC[C@@H]2CN1C(=O)c1cnc2c(c1)ncn2CCc1ccccc1. The molecular formula is C23H25N5O2. The first kappa shape index (κ1) is 18.8. The summed E-state index contributed by atoms with van der Waals surface area (Å²) in [6.07, 6.45) is 6.26. The third kappa shape index (κ3) is 3.24. The van der Waals surface area contributed by atoms with E-state index in [1.165, 1.54) is 5.56 Å². The number of hydrogen-bond donors (Lipinski definition) is 0. The topological polar surface area (TPSA) is 71.3 Å². The molecule has 2 saturated heterocycles. The summed E-state index contributed by atoms with van der Waals surface area (Å²) in [5.41, 5.74) is 3.22. The molecule has 0 saturated carbocycles. The predicted octanol–water partition coefficient (Wildman–Crippen LogP) is 2.51. The van der Waals surface area contributed by atoms with E-state index >= 15 is 0 Å². The van der Waals surface area contributed by atoms with Crippen molar-refractivity contribution in [3.8, 4) is 0 Å². The van der Waals surface area contributed by atoms with E-state index < -0.39 is 6.04 Å². The van der Waals surface area contributed by atoms with Crippen LogP contribution >= 0.6 is 0 Å². The van der Waals surface area contributed by atoms with Gasteiger partial charge in [0.05, 0.1) is 11.9 Å². The van der Waals surface area contributed by atoms with Gasteiger partial charge in [-0.05, 0) is 37.8 Å². The molecule has 2 fully saturated rings. The van der Waals surface area contributed by atoms with Crippen LogP contribution in [-0.4, -0.2) is 61.3 Å². The van der Waals surface area contributed by atoms with Crippen LogP contribution in [0.1, 0.15) is 35.7 Å². The van der Waals surface area contributed by atoms with Crippen LogP contribution in [0.3, 0.4) is 0 Å². The molecule has 0 N–H and O–H groups in total. The van der Waals surface area contributed by atoms with Gasteiger partial charge < -0.3 is 14.4 Å². The quantitative estimate of drug-likeness (QED) is 0.671. The van der Waals surface area contributed by atoms with E-state index in [2.05, 4.69) is 22.1 Å². The van der Waals surface area contributed by atoms with Crippen LogP contribution in [0, 0.1) is 0 Å². The monoisotopic (exact) mass is 403 g/mol. The van der Waals surface area contributed by atoms with Crippen LogP contribution in [0.5, 0.6) is 0 Å².